The Bertz CT molecular complexity index is 969. The maximum Gasteiger partial charge on any atom is 0.416 e. The molecule has 3 rings (SSSR count). The molecule has 0 bridgehead atoms. The lowest BCUT2D eigenvalue weighted by Crippen LogP contribution is -2.11. The van der Waals surface area contributed by atoms with E-state index in [0.717, 1.165) is 11.1 Å². The Kier molecular flexibility index (Phi) is 4.86. The fourth-order valence-corrected chi connectivity index (χ4v) is 2.74. The van der Waals surface area contributed by atoms with Gasteiger partial charge in [0.1, 0.15) is 0 Å². The molecule has 0 saturated carbocycles. The highest BCUT2D eigenvalue weighted by Gasteiger charge is 2.37. The number of alkyl halides is 6. The number of aryl methyl sites for hydroxylation is 1. The first-order valence-electron chi connectivity index (χ1n) is 8.11. The Morgan fingerprint density at radius 3 is 2.04 bits per heavy atom. The van der Waals surface area contributed by atoms with Gasteiger partial charge in [-0.15, -0.1) is 0 Å². The van der Waals surface area contributed by atoms with Gasteiger partial charge in [-0.05, 0) is 47.9 Å². The number of nitrogen functional groups attached to an aromatic ring is 1. The summed E-state index contributed by atoms with van der Waals surface area (Å²) in [5.41, 5.74) is 5.31. The van der Waals surface area contributed by atoms with Crippen molar-refractivity contribution < 1.29 is 26.3 Å². The molecule has 0 aliphatic heterocycles. The van der Waals surface area contributed by atoms with Gasteiger partial charge in [-0.25, -0.2) is 0 Å². The van der Waals surface area contributed by atoms with E-state index in [1.54, 1.807) is 12.1 Å². The normalized spacial score (nSPS) is 12.4. The van der Waals surface area contributed by atoms with Gasteiger partial charge in [0.15, 0.2) is 0 Å². The lowest BCUT2D eigenvalue weighted by Gasteiger charge is -2.13. The van der Waals surface area contributed by atoms with E-state index < -0.39 is 23.5 Å². The first-order valence-corrected chi connectivity index (χ1v) is 8.11. The molecule has 0 aliphatic carbocycles. The average Bonchev–Trinajstić information content (AvgIpc) is 3.05. The Balaban J connectivity index is 1.96. The standard InChI is InChI=1S/C19H15F6N3/c1-11-4-12(2-3-17(11)26)9-28-10-14(8-27-28)13-5-15(18(20,21)22)7-16(6-13)19(23,24)25/h2-8,10H,9,26H2,1H3. The van der Waals surface area contributed by atoms with Crippen molar-refractivity contribution in [3.05, 3.63) is 71.0 Å². The van der Waals surface area contributed by atoms with Gasteiger partial charge in [-0.2, -0.15) is 31.4 Å². The predicted molar refractivity (Wildman–Crippen MR) is 92.4 cm³/mol. The predicted octanol–water partition coefficient (Wildman–Crippen LogP) is 5.53. The average molecular weight is 399 g/mol. The first kappa shape index (κ1) is 19.8. The molecule has 2 aromatic carbocycles. The van der Waals surface area contributed by atoms with Crippen LogP contribution in [0.15, 0.2) is 48.8 Å². The molecule has 9 heteroatoms. The molecule has 0 unspecified atom stereocenters. The number of benzene rings is 2. The van der Waals surface area contributed by atoms with Gasteiger partial charge < -0.3 is 5.73 Å². The van der Waals surface area contributed by atoms with E-state index in [2.05, 4.69) is 5.10 Å². The molecule has 1 heterocycles. The summed E-state index contributed by atoms with van der Waals surface area (Å²) in [5.74, 6) is 0. The van der Waals surface area contributed by atoms with Crippen LogP contribution in [0.3, 0.4) is 0 Å². The topological polar surface area (TPSA) is 43.8 Å². The molecular formula is C19H15F6N3. The molecule has 28 heavy (non-hydrogen) atoms. The molecule has 0 amide bonds. The van der Waals surface area contributed by atoms with Crippen LogP contribution in [0.1, 0.15) is 22.3 Å². The SMILES string of the molecule is Cc1cc(Cn2cc(-c3cc(C(F)(F)F)cc(C(F)(F)F)c3)cn2)ccc1N. The zero-order chi connectivity index (χ0) is 20.7. The van der Waals surface area contributed by atoms with E-state index in [-0.39, 0.29) is 17.2 Å². The van der Waals surface area contributed by atoms with Crippen LogP contribution >= 0.6 is 0 Å². The summed E-state index contributed by atoms with van der Waals surface area (Å²) < 4.78 is 79.5. The second kappa shape index (κ2) is 6.88. The number of halogens is 6. The zero-order valence-electron chi connectivity index (χ0n) is 14.6. The first-order chi connectivity index (χ1) is 12.9. The molecule has 1 aromatic heterocycles. The number of hydrogen-bond donors (Lipinski definition) is 1. The van der Waals surface area contributed by atoms with Crippen molar-refractivity contribution in [2.24, 2.45) is 0 Å². The number of nitrogens with two attached hydrogens (primary N) is 1. The van der Waals surface area contributed by atoms with Crippen molar-refractivity contribution in [1.29, 1.82) is 0 Å². The molecule has 3 nitrogen and oxygen atoms in total. The minimum atomic E-state index is -4.90. The number of nitrogens with zero attached hydrogens (tertiary/aromatic N) is 2. The largest absolute Gasteiger partial charge is 0.416 e. The van der Waals surface area contributed by atoms with Gasteiger partial charge in [0.2, 0.25) is 0 Å². The third-order valence-electron chi connectivity index (χ3n) is 4.23. The second-order valence-corrected chi connectivity index (χ2v) is 6.41. The second-order valence-electron chi connectivity index (χ2n) is 6.41. The summed E-state index contributed by atoms with van der Waals surface area (Å²) >= 11 is 0. The summed E-state index contributed by atoms with van der Waals surface area (Å²) in [6.07, 6.45) is -7.15. The molecule has 0 fully saturated rings. The Morgan fingerprint density at radius 2 is 1.50 bits per heavy atom. The van der Waals surface area contributed by atoms with Crippen molar-refractivity contribution >= 4 is 5.69 Å². The molecule has 0 spiro atoms. The third-order valence-corrected chi connectivity index (χ3v) is 4.23. The summed E-state index contributed by atoms with van der Waals surface area (Å²) in [6.45, 7) is 2.13. The van der Waals surface area contributed by atoms with E-state index in [9.17, 15) is 26.3 Å². The minimum absolute atomic E-state index is 0.102. The van der Waals surface area contributed by atoms with Crippen LogP contribution in [-0.4, -0.2) is 9.78 Å². The highest BCUT2D eigenvalue weighted by atomic mass is 19.4. The van der Waals surface area contributed by atoms with Crippen molar-refractivity contribution in [2.45, 2.75) is 25.8 Å². The summed E-state index contributed by atoms with van der Waals surface area (Å²) in [5, 5.41) is 4.05. The Morgan fingerprint density at radius 1 is 0.893 bits per heavy atom. The van der Waals surface area contributed by atoms with Gasteiger partial charge in [0.05, 0.1) is 23.9 Å². The van der Waals surface area contributed by atoms with Crippen molar-refractivity contribution in [2.75, 3.05) is 5.73 Å². The fourth-order valence-electron chi connectivity index (χ4n) is 2.74. The Hall–Kier alpha value is -2.97. The van der Waals surface area contributed by atoms with Crippen molar-refractivity contribution in [3.63, 3.8) is 0 Å². The Labute approximate surface area is 156 Å². The minimum Gasteiger partial charge on any atom is -0.399 e. The number of hydrogen-bond acceptors (Lipinski definition) is 2. The smallest absolute Gasteiger partial charge is 0.399 e. The van der Waals surface area contributed by atoms with Crippen LogP contribution in [0.25, 0.3) is 11.1 Å². The lowest BCUT2D eigenvalue weighted by atomic mass is 10.0. The molecule has 0 aliphatic rings. The molecule has 148 valence electrons. The van der Waals surface area contributed by atoms with Gasteiger partial charge in [-0.3, -0.25) is 4.68 Å². The van der Waals surface area contributed by atoms with Crippen molar-refractivity contribution in [1.82, 2.24) is 9.78 Å². The highest BCUT2D eigenvalue weighted by Crippen LogP contribution is 2.38. The molecular weight excluding hydrogens is 384 g/mol. The maximum atomic E-state index is 13.0. The number of anilines is 1. The third kappa shape index (κ3) is 4.29. The van der Waals surface area contributed by atoms with E-state index in [1.807, 2.05) is 13.0 Å². The summed E-state index contributed by atoms with van der Waals surface area (Å²) in [4.78, 5) is 0. The van der Waals surface area contributed by atoms with Crippen LogP contribution in [0.4, 0.5) is 32.0 Å². The van der Waals surface area contributed by atoms with Gasteiger partial charge >= 0.3 is 12.4 Å². The summed E-state index contributed by atoms with van der Waals surface area (Å²) in [6, 6.07) is 6.80. The monoisotopic (exact) mass is 399 g/mol. The molecule has 2 N–H and O–H groups in total. The summed E-state index contributed by atoms with van der Waals surface area (Å²) in [7, 11) is 0. The van der Waals surface area contributed by atoms with Crippen LogP contribution in [-0.2, 0) is 18.9 Å². The zero-order valence-corrected chi connectivity index (χ0v) is 14.6. The molecule has 0 atom stereocenters. The van der Waals surface area contributed by atoms with Gasteiger partial charge in [0.25, 0.3) is 0 Å². The van der Waals surface area contributed by atoms with E-state index >= 15 is 0 Å². The molecule has 0 radical (unpaired) electrons. The maximum absolute atomic E-state index is 13.0. The molecule has 0 saturated heterocycles. The van der Waals surface area contributed by atoms with E-state index in [4.69, 9.17) is 5.73 Å². The quantitative estimate of drug-likeness (QED) is 0.465. The fraction of sp³-hybridized carbons (Fsp3) is 0.211. The lowest BCUT2D eigenvalue weighted by molar-refractivity contribution is -0.143. The molecule has 3 aromatic rings. The van der Waals surface area contributed by atoms with E-state index in [1.165, 1.54) is 17.1 Å². The van der Waals surface area contributed by atoms with Crippen molar-refractivity contribution in [3.8, 4) is 11.1 Å². The van der Waals surface area contributed by atoms with Crippen LogP contribution in [0.2, 0.25) is 0 Å². The number of aromatic nitrogens is 2. The van der Waals surface area contributed by atoms with Crippen LogP contribution < -0.4 is 5.73 Å². The van der Waals surface area contributed by atoms with Crippen LogP contribution in [0.5, 0.6) is 0 Å². The number of rotatable bonds is 3. The van der Waals surface area contributed by atoms with E-state index in [0.29, 0.717) is 24.4 Å². The van der Waals surface area contributed by atoms with Crippen LogP contribution in [0, 0.1) is 6.92 Å². The highest BCUT2D eigenvalue weighted by molar-refractivity contribution is 5.64. The van der Waals surface area contributed by atoms with Gasteiger partial charge in [-0.1, -0.05) is 12.1 Å². The van der Waals surface area contributed by atoms with Gasteiger partial charge in [0, 0.05) is 17.4 Å².